The van der Waals surface area contributed by atoms with Gasteiger partial charge in [-0.15, -0.1) is 0 Å². The van der Waals surface area contributed by atoms with Gasteiger partial charge in [-0.3, -0.25) is 0 Å². The van der Waals surface area contributed by atoms with E-state index in [1.165, 1.54) is 36.6 Å². The summed E-state index contributed by atoms with van der Waals surface area (Å²) in [5.41, 5.74) is 3.01. The zero-order valence-electron chi connectivity index (χ0n) is 10.3. The summed E-state index contributed by atoms with van der Waals surface area (Å²) in [7, 11) is 0.911. The highest BCUT2D eigenvalue weighted by molar-refractivity contribution is 7.46. The Balaban J connectivity index is 2.16. The molecular formula is C15H21P. The highest BCUT2D eigenvalue weighted by atomic mass is 31.1. The van der Waals surface area contributed by atoms with Crippen LogP contribution in [0.15, 0.2) is 30.3 Å². The maximum atomic E-state index is 2.46. The van der Waals surface area contributed by atoms with E-state index in [0.29, 0.717) is 0 Å². The number of allylic oxidation sites excluding steroid dienone is 2. The first-order valence-corrected chi connectivity index (χ1v) is 7.77. The minimum atomic E-state index is 0.869. The Morgan fingerprint density at radius 1 is 1.19 bits per heavy atom. The third-order valence-corrected chi connectivity index (χ3v) is 4.36. The lowest BCUT2D eigenvalue weighted by Gasteiger charge is -2.06. The smallest absolute Gasteiger partial charge is 0.0227 e. The van der Waals surface area contributed by atoms with E-state index in [1.807, 2.05) is 0 Å². The first kappa shape index (κ1) is 11.9. The van der Waals surface area contributed by atoms with Crippen LogP contribution in [0.4, 0.5) is 0 Å². The van der Waals surface area contributed by atoms with E-state index in [1.54, 1.807) is 5.57 Å². The van der Waals surface area contributed by atoms with Gasteiger partial charge in [-0.05, 0) is 48.3 Å². The van der Waals surface area contributed by atoms with Crippen molar-refractivity contribution in [3.63, 3.8) is 0 Å². The summed E-state index contributed by atoms with van der Waals surface area (Å²) < 4.78 is 0. The Morgan fingerprint density at radius 2 is 1.94 bits per heavy atom. The van der Waals surface area contributed by atoms with Crippen LogP contribution >= 0.6 is 8.58 Å². The Bertz CT molecular complexity index is 362. The van der Waals surface area contributed by atoms with Crippen LogP contribution in [0.5, 0.6) is 0 Å². The van der Waals surface area contributed by atoms with Gasteiger partial charge in [0.25, 0.3) is 0 Å². The molecule has 16 heavy (non-hydrogen) atoms. The van der Waals surface area contributed by atoms with E-state index in [-0.39, 0.29) is 0 Å². The van der Waals surface area contributed by atoms with Crippen LogP contribution in [0.1, 0.15) is 38.2 Å². The van der Waals surface area contributed by atoms with Gasteiger partial charge >= 0.3 is 0 Å². The summed E-state index contributed by atoms with van der Waals surface area (Å²) >= 11 is 0. The van der Waals surface area contributed by atoms with Crippen LogP contribution in [-0.2, 0) is 0 Å². The summed E-state index contributed by atoms with van der Waals surface area (Å²) in [5, 5.41) is 1.46. The number of rotatable bonds is 2. The van der Waals surface area contributed by atoms with Crippen molar-refractivity contribution >= 4 is 19.5 Å². The van der Waals surface area contributed by atoms with Crippen molar-refractivity contribution in [2.45, 2.75) is 32.6 Å². The molecule has 1 heteroatoms. The predicted octanol–water partition coefficient (Wildman–Crippen LogP) is 4.21. The normalized spacial score (nSPS) is 22.1. The van der Waals surface area contributed by atoms with Crippen molar-refractivity contribution in [3.05, 3.63) is 35.9 Å². The topological polar surface area (TPSA) is 0 Å². The Kier molecular flexibility index (Phi) is 4.18. The zero-order valence-corrected chi connectivity index (χ0v) is 11.3. The number of hydrogen-bond acceptors (Lipinski definition) is 0. The van der Waals surface area contributed by atoms with Crippen molar-refractivity contribution in [1.29, 1.82) is 0 Å². The average molecular weight is 232 g/mol. The number of hydrogen-bond donors (Lipinski definition) is 0. The molecule has 0 aliphatic heterocycles. The van der Waals surface area contributed by atoms with Crippen LogP contribution in [-0.4, -0.2) is 6.66 Å². The molecule has 0 amide bonds. The van der Waals surface area contributed by atoms with E-state index < -0.39 is 0 Å². The van der Waals surface area contributed by atoms with Crippen LogP contribution in [0.2, 0.25) is 0 Å². The lowest BCUT2D eigenvalue weighted by atomic mass is 10.0. The van der Waals surface area contributed by atoms with Gasteiger partial charge in [-0.2, -0.15) is 0 Å². The molecule has 0 nitrogen and oxygen atoms in total. The molecule has 1 aromatic carbocycles. The lowest BCUT2D eigenvalue weighted by Crippen LogP contribution is -1.93. The molecule has 2 atom stereocenters. The molecule has 0 radical (unpaired) electrons. The van der Waals surface area contributed by atoms with Gasteiger partial charge in [0.1, 0.15) is 0 Å². The van der Waals surface area contributed by atoms with Gasteiger partial charge in [-0.1, -0.05) is 52.3 Å². The average Bonchev–Trinajstić information content (AvgIpc) is 2.54. The molecule has 1 aliphatic carbocycles. The van der Waals surface area contributed by atoms with Gasteiger partial charge in [0, 0.05) is 0 Å². The van der Waals surface area contributed by atoms with Crippen molar-refractivity contribution in [2.24, 2.45) is 5.92 Å². The van der Waals surface area contributed by atoms with Gasteiger partial charge in [-0.25, -0.2) is 0 Å². The second-order valence-electron chi connectivity index (χ2n) is 4.79. The second-order valence-corrected chi connectivity index (χ2v) is 5.87. The fraction of sp³-hybridized carbons (Fsp3) is 0.467. The third kappa shape index (κ3) is 2.95. The molecule has 0 bridgehead atoms. The predicted molar refractivity (Wildman–Crippen MR) is 75.9 cm³/mol. The molecule has 0 saturated carbocycles. The molecule has 2 unspecified atom stereocenters. The van der Waals surface area contributed by atoms with Crippen molar-refractivity contribution < 1.29 is 0 Å². The van der Waals surface area contributed by atoms with Crippen molar-refractivity contribution in [2.75, 3.05) is 6.66 Å². The minimum absolute atomic E-state index is 0.869. The molecule has 0 fully saturated rings. The van der Waals surface area contributed by atoms with Gasteiger partial charge in [0.15, 0.2) is 0 Å². The van der Waals surface area contributed by atoms with Crippen LogP contribution < -0.4 is 5.30 Å². The standard InChI is InChI=1S/C15H21P/c1-12-4-3-5-13(7-6-12)14-8-10-15(16-2)11-9-14/h7-12,16H,3-6H2,1-2H3. The summed E-state index contributed by atoms with van der Waals surface area (Å²) in [6.07, 6.45) is 7.71. The largest absolute Gasteiger partial charge is 0.0936 e. The Morgan fingerprint density at radius 3 is 2.62 bits per heavy atom. The monoisotopic (exact) mass is 232 g/mol. The van der Waals surface area contributed by atoms with E-state index in [2.05, 4.69) is 43.9 Å². The molecule has 0 saturated heterocycles. The molecule has 0 aromatic heterocycles. The first-order chi connectivity index (χ1) is 7.79. The van der Waals surface area contributed by atoms with E-state index in [4.69, 9.17) is 0 Å². The van der Waals surface area contributed by atoms with Crippen LogP contribution in [0.3, 0.4) is 0 Å². The van der Waals surface area contributed by atoms with Gasteiger partial charge in [0.05, 0.1) is 0 Å². The van der Waals surface area contributed by atoms with Crippen molar-refractivity contribution in [3.8, 4) is 0 Å². The molecule has 86 valence electrons. The van der Waals surface area contributed by atoms with Crippen LogP contribution in [0, 0.1) is 5.92 Å². The van der Waals surface area contributed by atoms with Crippen LogP contribution in [0.25, 0.3) is 5.57 Å². The fourth-order valence-corrected chi connectivity index (χ4v) is 2.82. The molecule has 1 aromatic rings. The Labute approximate surface area is 101 Å². The first-order valence-electron chi connectivity index (χ1n) is 6.27. The maximum Gasteiger partial charge on any atom is -0.0227 e. The summed E-state index contributed by atoms with van der Waals surface area (Å²) in [6.45, 7) is 4.60. The highest BCUT2D eigenvalue weighted by Gasteiger charge is 2.09. The second kappa shape index (κ2) is 5.64. The molecule has 1 aliphatic rings. The third-order valence-electron chi connectivity index (χ3n) is 3.45. The molecule has 0 N–H and O–H groups in total. The van der Waals surface area contributed by atoms with E-state index >= 15 is 0 Å². The molecular weight excluding hydrogens is 211 g/mol. The summed E-state index contributed by atoms with van der Waals surface area (Å²) in [6, 6.07) is 9.16. The lowest BCUT2D eigenvalue weighted by molar-refractivity contribution is 0.533. The van der Waals surface area contributed by atoms with Gasteiger partial charge < -0.3 is 0 Å². The zero-order chi connectivity index (χ0) is 11.4. The number of benzene rings is 1. The molecule has 0 spiro atoms. The quantitative estimate of drug-likeness (QED) is 0.670. The SMILES string of the molecule is CPc1ccc(C2=CCC(C)CCC2)cc1. The van der Waals surface area contributed by atoms with Crippen molar-refractivity contribution in [1.82, 2.24) is 0 Å². The summed E-state index contributed by atoms with van der Waals surface area (Å²) in [5.74, 6) is 0.869. The molecule has 2 rings (SSSR count). The maximum absolute atomic E-state index is 2.46. The highest BCUT2D eigenvalue weighted by Crippen LogP contribution is 2.28. The Hall–Kier alpha value is -0.610. The van der Waals surface area contributed by atoms with E-state index in [9.17, 15) is 0 Å². The minimum Gasteiger partial charge on any atom is -0.0936 e. The van der Waals surface area contributed by atoms with Gasteiger partial charge in [0.2, 0.25) is 0 Å². The molecule has 0 heterocycles. The van der Waals surface area contributed by atoms with E-state index in [0.717, 1.165) is 14.5 Å². The fourth-order valence-electron chi connectivity index (χ4n) is 2.32. The summed E-state index contributed by atoms with van der Waals surface area (Å²) in [4.78, 5) is 0.